The summed E-state index contributed by atoms with van der Waals surface area (Å²) in [5.41, 5.74) is 1.33. The van der Waals surface area contributed by atoms with Crippen molar-refractivity contribution in [1.29, 1.82) is 0 Å². The van der Waals surface area contributed by atoms with Gasteiger partial charge in [0.05, 0.1) is 12.1 Å². The first kappa shape index (κ1) is 33.0. The highest BCUT2D eigenvalue weighted by molar-refractivity contribution is 6.07. The molecule has 0 atom stereocenters. The number of likely N-dealkylation sites (tertiary alicyclic amines) is 2. The molecule has 0 unspecified atom stereocenters. The Hall–Kier alpha value is -3.96. The Morgan fingerprint density at radius 2 is 1.30 bits per heavy atom. The van der Waals surface area contributed by atoms with Crippen LogP contribution in [0.5, 0.6) is 0 Å². The number of piperidine rings is 2. The number of carboxylic acid groups (broad SMARTS) is 1. The maximum atomic E-state index is 13.6. The number of alkyl halides is 3. The van der Waals surface area contributed by atoms with Gasteiger partial charge in [-0.3, -0.25) is 24.2 Å². The fraction of sp³-hybridized carbons (Fsp3) is 0.472. The first-order valence-electron chi connectivity index (χ1n) is 16.5. The maximum absolute atomic E-state index is 13.6. The predicted molar refractivity (Wildman–Crippen MR) is 172 cm³/mol. The van der Waals surface area contributed by atoms with Crippen molar-refractivity contribution < 1.29 is 32.7 Å². The molecule has 2 amide bonds. The highest BCUT2D eigenvalue weighted by Crippen LogP contribution is 2.36. The summed E-state index contributed by atoms with van der Waals surface area (Å²) in [6, 6.07) is 16.3. The smallest absolute Gasteiger partial charge is 0.417 e. The van der Waals surface area contributed by atoms with Crippen LogP contribution >= 0.6 is 0 Å². The molecule has 0 spiro atoms. The molecule has 250 valence electrons. The van der Waals surface area contributed by atoms with E-state index in [0.29, 0.717) is 43.0 Å². The first-order valence-corrected chi connectivity index (χ1v) is 16.5. The summed E-state index contributed by atoms with van der Waals surface area (Å²) >= 11 is 0. The molecule has 8 nitrogen and oxygen atoms in total. The van der Waals surface area contributed by atoms with E-state index in [0.717, 1.165) is 70.0 Å². The van der Waals surface area contributed by atoms with Crippen LogP contribution in [0.15, 0.2) is 60.7 Å². The minimum atomic E-state index is -4.50. The molecule has 0 bridgehead atoms. The van der Waals surface area contributed by atoms with Gasteiger partial charge in [-0.05, 0) is 91.2 Å². The van der Waals surface area contributed by atoms with Gasteiger partial charge in [0.1, 0.15) is 0 Å². The lowest BCUT2D eigenvalue weighted by Crippen LogP contribution is -2.50. The summed E-state index contributed by atoms with van der Waals surface area (Å²) in [5, 5.41) is 9.35. The third-order valence-corrected chi connectivity index (χ3v) is 10.1. The van der Waals surface area contributed by atoms with Gasteiger partial charge in [0, 0.05) is 56.9 Å². The number of amides is 2. The zero-order chi connectivity index (χ0) is 33.1. The number of piperazine rings is 1. The van der Waals surface area contributed by atoms with Gasteiger partial charge >= 0.3 is 12.1 Å². The van der Waals surface area contributed by atoms with Crippen LogP contribution in [0.4, 0.5) is 13.2 Å². The average molecular weight is 651 g/mol. The van der Waals surface area contributed by atoms with Gasteiger partial charge in [-0.25, -0.2) is 0 Å². The molecule has 11 heteroatoms. The lowest BCUT2D eigenvalue weighted by atomic mass is 9.88. The van der Waals surface area contributed by atoms with Crippen molar-refractivity contribution in [3.05, 3.63) is 82.9 Å². The third kappa shape index (κ3) is 7.62. The number of carboxylic acids is 1. The highest BCUT2D eigenvalue weighted by atomic mass is 19.4. The fourth-order valence-electron chi connectivity index (χ4n) is 7.43. The molecule has 1 N–H and O–H groups in total. The van der Waals surface area contributed by atoms with Crippen molar-refractivity contribution >= 4 is 28.6 Å². The van der Waals surface area contributed by atoms with Crippen LogP contribution in [0, 0.1) is 5.92 Å². The second-order valence-corrected chi connectivity index (χ2v) is 13.1. The molecule has 3 aromatic rings. The number of fused-ring (bicyclic) bond motifs is 1. The molecule has 47 heavy (non-hydrogen) atoms. The molecule has 3 saturated heterocycles. The van der Waals surface area contributed by atoms with Gasteiger partial charge in [0.25, 0.3) is 11.8 Å². The van der Waals surface area contributed by atoms with E-state index in [4.69, 9.17) is 5.11 Å². The number of hydrogen-bond acceptors (Lipinski definition) is 5. The van der Waals surface area contributed by atoms with Crippen LogP contribution in [-0.2, 0) is 11.0 Å². The minimum Gasteiger partial charge on any atom is -0.480 e. The summed E-state index contributed by atoms with van der Waals surface area (Å²) in [6.07, 6.45) is -1.02. The van der Waals surface area contributed by atoms with Crippen molar-refractivity contribution in [2.45, 2.75) is 37.8 Å². The Kier molecular flexibility index (Phi) is 9.84. The van der Waals surface area contributed by atoms with Crippen LogP contribution in [0.2, 0.25) is 0 Å². The SMILES string of the molecule is O=C(O)CN1CCC(CN2CCN(C(=O)c3ccc(C4CCN(C(=O)c5cccc6c(C(F)(F)F)cccc56)CC4)cc3)CC2)CC1. The van der Waals surface area contributed by atoms with Gasteiger partial charge in [-0.1, -0.05) is 36.4 Å². The van der Waals surface area contributed by atoms with Crippen molar-refractivity contribution in [3.63, 3.8) is 0 Å². The Labute approximate surface area is 272 Å². The highest BCUT2D eigenvalue weighted by Gasteiger charge is 2.33. The van der Waals surface area contributed by atoms with Gasteiger partial charge in [-0.2, -0.15) is 13.2 Å². The predicted octanol–water partition coefficient (Wildman–Crippen LogP) is 5.43. The largest absolute Gasteiger partial charge is 0.480 e. The molecular formula is C36H41F3N4O4. The quantitative estimate of drug-likeness (QED) is 0.367. The number of benzene rings is 3. The minimum absolute atomic E-state index is 0.0300. The number of halogens is 3. The second kappa shape index (κ2) is 14.0. The Morgan fingerprint density at radius 3 is 1.94 bits per heavy atom. The van der Waals surface area contributed by atoms with Crippen LogP contribution in [-0.4, -0.2) is 108 Å². The molecule has 0 aliphatic carbocycles. The molecule has 6 rings (SSSR count). The van der Waals surface area contributed by atoms with Crippen molar-refractivity contribution in [2.24, 2.45) is 5.92 Å². The van der Waals surface area contributed by atoms with Gasteiger partial charge in [0.2, 0.25) is 0 Å². The fourth-order valence-corrected chi connectivity index (χ4v) is 7.43. The maximum Gasteiger partial charge on any atom is 0.417 e. The summed E-state index contributed by atoms with van der Waals surface area (Å²) in [4.78, 5) is 45.7. The number of nitrogens with zero attached hydrogens (tertiary/aromatic N) is 4. The standard InChI is InChI=1S/C36H41F3N4O4/c37-36(38,39)32-6-2-3-29-30(32)4-1-5-31(29)35(47)42-17-13-27(14-18-42)26-7-9-28(10-8-26)34(46)43-21-19-41(20-22-43)23-25-11-15-40(16-12-25)24-33(44)45/h1-10,25,27H,11-24H2,(H,44,45). The zero-order valence-electron chi connectivity index (χ0n) is 26.4. The number of hydrogen-bond donors (Lipinski definition) is 1. The van der Waals surface area contributed by atoms with Crippen molar-refractivity contribution in [1.82, 2.24) is 19.6 Å². The average Bonchev–Trinajstić information content (AvgIpc) is 3.08. The van der Waals surface area contributed by atoms with E-state index in [1.54, 1.807) is 17.0 Å². The molecular weight excluding hydrogens is 609 g/mol. The Bertz CT molecular complexity index is 1590. The number of aliphatic carboxylic acids is 1. The lowest BCUT2D eigenvalue weighted by molar-refractivity contribution is -0.139. The first-order chi connectivity index (χ1) is 22.6. The zero-order valence-corrected chi connectivity index (χ0v) is 26.4. The molecule has 3 aliphatic heterocycles. The van der Waals surface area contributed by atoms with E-state index in [2.05, 4.69) is 4.90 Å². The summed E-state index contributed by atoms with van der Waals surface area (Å²) in [6.45, 7) is 6.78. The van der Waals surface area contributed by atoms with E-state index in [1.807, 2.05) is 34.1 Å². The molecule has 3 fully saturated rings. The van der Waals surface area contributed by atoms with Crippen molar-refractivity contribution in [3.8, 4) is 0 Å². The van der Waals surface area contributed by atoms with E-state index < -0.39 is 17.7 Å². The van der Waals surface area contributed by atoms with Crippen LogP contribution in [0.25, 0.3) is 10.8 Å². The number of carbonyl (C=O) groups excluding carboxylic acids is 2. The van der Waals surface area contributed by atoms with Gasteiger partial charge < -0.3 is 14.9 Å². The number of rotatable bonds is 7. The lowest BCUT2D eigenvalue weighted by Gasteiger charge is -2.38. The molecule has 3 aliphatic rings. The van der Waals surface area contributed by atoms with E-state index in [-0.39, 0.29) is 35.2 Å². The van der Waals surface area contributed by atoms with Gasteiger partial charge in [-0.15, -0.1) is 0 Å². The monoisotopic (exact) mass is 650 g/mol. The van der Waals surface area contributed by atoms with Crippen LogP contribution in [0.1, 0.15) is 63.4 Å². The van der Waals surface area contributed by atoms with Crippen molar-refractivity contribution in [2.75, 3.05) is 65.4 Å². The summed E-state index contributed by atoms with van der Waals surface area (Å²) in [5.74, 6) is -0.210. The van der Waals surface area contributed by atoms with Gasteiger partial charge in [0.15, 0.2) is 0 Å². The van der Waals surface area contributed by atoms with Crippen LogP contribution in [0.3, 0.4) is 0 Å². The van der Waals surface area contributed by atoms with E-state index in [9.17, 15) is 27.6 Å². The van der Waals surface area contributed by atoms with E-state index >= 15 is 0 Å². The molecule has 3 aromatic carbocycles. The second-order valence-electron chi connectivity index (χ2n) is 13.1. The molecule has 0 radical (unpaired) electrons. The Balaban J connectivity index is 0.983. The summed E-state index contributed by atoms with van der Waals surface area (Å²) in [7, 11) is 0. The normalized spacial score (nSPS) is 19.3. The summed E-state index contributed by atoms with van der Waals surface area (Å²) < 4.78 is 40.7. The molecule has 3 heterocycles. The Morgan fingerprint density at radius 1 is 0.681 bits per heavy atom. The molecule has 0 aromatic heterocycles. The molecule has 0 saturated carbocycles. The van der Waals surface area contributed by atoms with Crippen LogP contribution < -0.4 is 0 Å². The van der Waals surface area contributed by atoms with E-state index in [1.165, 1.54) is 18.2 Å². The number of carbonyl (C=O) groups is 3. The topological polar surface area (TPSA) is 84.4 Å². The third-order valence-electron chi connectivity index (χ3n) is 10.1.